The second-order valence-corrected chi connectivity index (χ2v) is 5.82. The van der Waals surface area contributed by atoms with Crippen molar-refractivity contribution in [2.75, 3.05) is 5.73 Å². The lowest BCUT2D eigenvalue weighted by Crippen LogP contribution is -2.05. The molecule has 10 heteroatoms. The molecular weight excluding hydrogens is 336 g/mol. The average molecular weight is 348 g/mol. The van der Waals surface area contributed by atoms with Crippen LogP contribution in [0.4, 0.5) is 11.4 Å². The summed E-state index contributed by atoms with van der Waals surface area (Å²) < 4.78 is 29.6. The Bertz CT molecular complexity index is 986. The fourth-order valence-corrected chi connectivity index (χ4v) is 2.45. The first-order valence-electron chi connectivity index (χ1n) is 6.47. The summed E-state index contributed by atoms with van der Waals surface area (Å²) in [5.41, 5.74) is 6.57. The monoisotopic (exact) mass is 348 g/mol. The summed E-state index contributed by atoms with van der Waals surface area (Å²) in [4.78, 5) is 16.7. The lowest BCUT2D eigenvalue weighted by molar-refractivity contribution is -0.388. The van der Waals surface area contributed by atoms with Crippen molar-refractivity contribution in [2.45, 2.75) is 5.03 Å². The molecule has 3 aromatic rings. The highest BCUT2D eigenvalue weighted by atomic mass is 32.2. The zero-order valence-electron chi connectivity index (χ0n) is 12.1. The first-order chi connectivity index (χ1) is 11.3. The van der Waals surface area contributed by atoms with E-state index in [1.165, 1.54) is 6.07 Å². The number of nitrogen functional groups attached to an aromatic ring is 1. The van der Waals surface area contributed by atoms with E-state index in [9.17, 15) is 18.5 Å². The third kappa shape index (κ3) is 4.00. The Balaban J connectivity index is 0.000000175. The van der Waals surface area contributed by atoms with E-state index < -0.39 is 25.8 Å². The Kier molecular flexibility index (Phi) is 5.02. The van der Waals surface area contributed by atoms with Gasteiger partial charge in [0, 0.05) is 23.8 Å². The molecule has 0 bridgehead atoms. The minimum Gasteiger partial charge on any atom is -0.397 e. The molecule has 0 aliphatic rings. The minimum absolute atomic E-state index is 0.739. The van der Waals surface area contributed by atoms with Gasteiger partial charge in [0.15, 0.2) is 0 Å². The van der Waals surface area contributed by atoms with Gasteiger partial charge in [0.2, 0.25) is 0 Å². The third-order valence-electron chi connectivity index (χ3n) is 2.86. The van der Waals surface area contributed by atoms with Gasteiger partial charge in [-0.25, -0.2) is 4.98 Å². The number of nitrogens with two attached hydrogens (primary N) is 1. The fourth-order valence-electron chi connectivity index (χ4n) is 1.85. The number of nitro groups is 1. The summed E-state index contributed by atoms with van der Waals surface area (Å²) in [6.45, 7) is 0. The number of anilines is 1. The fraction of sp³-hybridized carbons (Fsp3) is 0. The van der Waals surface area contributed by atoms with Crippen molar-refractivity contribution >= 4 is 32.4 Å². The lowest BCUT2D eigenvalue weighted by Gasteiger charge is -1.97. The molecule has 1 aromatic carbocycles. The number of benzene rings is 1. The highest BCUT2D eigenvalue weighted by Gasteiger charge is 2.24. The Morgan fingerprint density at radius 2 is 1.67 bits per heavy atom. The van der Waals surface area contributed by atoms with Gasteiger partial charge in [-0.1, -0.05) is 18.2 Å². The first kappa shape index (κ1) is 17.2. The van der Waals surface area contributed by atoms with Gasteiger partial charge < -0.3 is 5.73 Å². The van der Waals surface area contributed by atoms with Crippen molar-refractivity contribution in [3.05, 3.63) is 65.0 Å². The molecular formula is C14H12N4O5S. The first-order valence-corrected chi connectivity index (χ1v) is 7.91. The van der Waals surface area contributed by atoms with E-state index in [-0.39, 0.29) is 0 Å². The number of hydrogen-bond acceptors (Lipinski definition) is 7. The molecule has 0 saturated heterocycles. The van der Waals surface area contributed by atoms with Crippen molar-refractivity contribution in [3.8, 4) is 0 Å². The summed E-state index contributed by atoms with van der Waals surface area (Å²) in [6, 6.07) is 11.8. The van der Waals surface area contributed by atoms with Crippen LogP contribution in [0.3, 0.4) is 0 Å². The number of fused-ring (bicyclic) bond motifs is 1. The van der Waals surface area contributed by atoms with E-state index in [2.05, 4.69) is 9.97 Å². The normalized spacial score (nSPS) is 10.7. The maximum atomic E-state index is 10.5. The van der Waals surface area contributed by atoms with Crippen molar-refractivity contribution < 1.29 is 17.9 Å². The number of hydrogen-bond donors (Lipinski definition) is 2. The molecule has 124 valence electrons. The van der Waals surface area contributed by atoms with Crippen LogP contribution in [0.15, 0.2) is 59.9 Å². The zero-order chi connectivity index (χ0) is 17.7. The number of para-hydroxylation sites is 1. The summed E-state index contributed by atoms with van der Waals surface area (Å²) in [7, 11) is -4.63. The minimum atomic E-state index is -4.63. The predicted molar refractivity (Wildman–Crippen MR) is 86.9 cm³/mol. The van der Waals surface area contributed by atoms with Crippen LogP contribution >= 0.6 is 0 Å². The largest absolute Gasteiger partial charge is 0.397 e. The van der Waals surface area contributed by atoms with E-state index in [1.54, 1.807) is 6.20 Å². The van der Waals surface area contributed by atoms with Crippen LogP contribution in [0.25, 0.3) is 10.9 Å². The Labute approximate surface area is 136 Å². The van der Waals surface area contributed by atoms with Crippen LogP contribution in [0.1, 0.15) is 0 Å². The number of pyridine rings is 2. The van der Waals surface area contributed by atoms with Gasteiger partial charge in [-0.3, -0.25) is 19.7 Å². The van der Waals surface area contributed by atoms with Gasteiger partial charge >= 0.3 is 15.8 Å². The number of rotatable bonds is 2. The molecule has 3 rings (SSSR count). The standard InChI is InChI=1S/C9H8N2.C5H4N2O5S/c10-8-5-1-3-7-4-2-6-11-9(7)8;8-7(9)4-2-1-3-6-5(4)13(10,11)12/h1-6H,10H2;1-3H,(H,10,11,12). The van der Waals surface area contributed by atoms with Crippen molar-refractivity contribution in [2.24, 2.45) is 0 Å². The van der Waals surface area contributed by atoms with Crippen LogP contribution in [0, 0.1) is 10.1 Å². The Morgan fingerprint density at radius 1 is 1.04 bits per heavy atom. The topological polar surface area (TPSA) is 149 Å². The second kappa shape index (κ2) is 6.98. The summed E-state index contributed by atoms with van der Waals surface area (Å²) in [5, 5.41) is 10.4. The van der Waals surface area contributed by atoms with Gasteiger partial charge in [0.05, 0.1) is 16.1 Å². The maximum Gasteiger partial charge on any atom is 0.319 e. The van der Waals surface area contributed by atoms with E-state index in [0.717, 1.165) is 28.9 Å². The molecule has 0 spiro atoms. The molecule has 0 atom stereocenters. The maximum absolute atomic E-state index is 10.5. The highest BCUT2D eigenvalue weighted by Crippen LogP contribution is 2.19. The van der Waals surface area contributed by atoms with Gasteiger partial charge in [-0.15, -0.1) is 0 Å². The summed E-state index contributed by atoms with van der Waals surface area (Å²) >= 11 is 0. The van der Waals surface area contributed by atoms with Crippen LogP contribution in [0.2, 0.25) is 0 Å². The van der Waals surface area contributed by atoms with Crippen LogP contribution in [0.5, 0.6) is 0 Å². The molecule has 0 unspecified atom stereocenters. The molecule has 3 N–H and O–H groups in total. The molecule has 0 saturated carbocycles. The van der Waals surface area contributed by atoms with E-state index in [0.29, 0.717) is 0 Å². The number of aromatic nitrogens is 2. The average Bonchev–Trinajstić information content (AvgIpc) is 2.55. The molecule has 2 heterocycles. The SMILES string of the molecule is Nc1cccc2cccnc12.O=[N+]([O-])c1cccnc1S(=O)(=O)O. The lowest BCUT2D eigenvalue weighted by atomic mass is 10.2. The zero-order valence-corrected chi connectivity index (χ0v) is 12.9. The molecule has 0 radical (unpaired) electrons. The summed E-state index contributed by atoms with van der Waals surface area (Å²) in [5.74, 6) is 0. The van der Waals surface area contributed by atoms with E-state index in [4.69, 9.17) is 10.3 Å². The smallest absolute Gasteiger partial charge is 0.319 e. The van der Waals surface area contributed by atoms with Crippen LogP contribution < -0.4 is 5.73 Å². The quantitative estimate of drug-likeness (QED) is 0.309. The molecule has 0 amide bonds. The van der Waals surface area contributed by atoms with Gasteiger partial charge in [-0.2, -0.15) is 8.42 Å². The highest BCUT2D eigenvalue weighted by molar-refractivity contribution is 7.85. The van der Waals surface area contributed by atoms with Crippen molar-refractivity contribution in [1.82, 2.24) is 9.97 Å². The van der Waals surface area contributed by atoms with Gasteiger partial charge in [0.1, 0.15) is 0 Å². The second-order valence-electron chi connectivity index (χ2n) is 4.48. The van der Waals surface area contributed by atoms with E-state index in [1.807, 2.05) is 30.3 Å². The predicted octanol–water partition coefficient (Wildman–Crippen LogP) is 2.05. The molecule has 9 nitrogen and oxygen atoms in total. The van der Waals surface area contributed by atoms with Crippen LogP contribution in [-0.4, -0.2) is 27.9 Å². The number of nitrogens with zero attached hydrogens (tertiary/aromatic N) is 3. The third-order valence-corrected chi connectivity index (χ3v) is 3.66. The van der Waals surface area contributed by atoms with E-state index >= 15 is 0 Å². The van der Waals surface area contributed by atoms with Crippen molar-refractivity contribution in [3.63, 3.8) is 0 Å². The molecule has 24 heavy (non-hydrogen) atoms. The Morgan fingerprint density at radius 3 is 2.25 bits per heavy atom. The Hall–Kier alpha value is -3.11. The summed E-state index contributed by atoms with van der Waals surface area (Å²) in [6.07, 6.45) is 2.79. The molecule has 0 aliphatic heterocycles. The van der Waals surface area contributed by atoms with Gasteiger partial charge in [0.25, 0.3) is 5.03 Å². The molecule has 2 aromatic heterocycles. The van der Waals surface area contributed by atoms with Crippen LogP contribution in [-0.2, 0) is 10.1 Å². The molecule has 0 aliphatic carbocycles. The van der Waals surface area contributed by atoms with Gasteiger partial charge in [-0.05, 0) is 18.2 Å². The van der Waals surface area contributed by atoms with Crippen molar-refractivity contribution in [1.29, 1.82) is 0 Å². The molecule has 0 fully saturated rings.